The molecule has 0 atom stereocenters. The highest BCUT2D eigenvalue weighted by Crippen LogP contribution is 2.37. The number of para-hydroxylation sites is 1. The lowest BCUT2D eigenvalue weighted by Crippen LogP contribution is -1.95. The third-order valence-corrected chi connectivity index (χ3v) is 7.53. The summed E-state index contributed by atoms with van der Waals surface area (Å²) in [6.45, 7) is 2.14. The molecule has 6 aromatic rings. The molecule has 0 aliphatic carbocycles. The highest BCUT2D eigenvalue weighted by atomic mass is 32.1. The smallest absolute Gasteiger partial charge is 0.145 e. The van der Waals surface area contributed by atoms with Crippen LogP contribution in [0.3, 0.4) is 0 Å². The van der Waals surface area contributed by atoms with Crippen molar-refractivity contribution in [2.45, 2.75) is 6.92 Å². The molecule has 3 aromatic heterocycles. The van der Waals surface area contributed by atoms with Crippen molar-refractivity contribution in [2.24, 2.45) is 0 Å². The van der Waals surface area contributed by atoms with Gasteiger partial charge in [0, 0.05) is 42.5 Å². The Bertz CT molecular complexity index is 1500. The fraction of sp³-hybridized carbons (Fsp3) is 0.0385. The molecule has 0 fully saturated rings. The van der Waals surface area contributed by atoms with E-state index in [0.29, 0.717) is 0 Å². The van der Waals surface area contributed by atoms with Crippen molar-refractivity contribution in [3.05, 3.63) is 96.0 Å². The molecule has 6 rings (SSSR count). The van der Waals surface area contributed by atoms with Gasteiger partial charge in [-0.15, -0.1) is 22.7 Å². The number of aromatic nitrogens is 2. The molecule has 3 aromatic carbocycles. The van der Waals surface area contributed by atoms with Gasteiger partial charge in [0.05, 0.1) is 10.6 Å². The summed E-state index contributed by atoms with van der Waals surface area (Å²) in [7, 11) is 0. The first-order valence-electron chi connectivity index (χ1n) is 9.89. The molecule has 0 bridgehead atoms. The normalized spacial score (nSPS) is 11.5. The summed E-state index contributed by atoms with van der Waals surface area (Å²) in [6.07, 6.45) is 2.16. The molecule has 144 valence electrons. The van der Waals surface area contributed by atoms with E-state index in [0.717, 1.165) is 22.8 Å². The van der Waals surface area contributed by atoms with Crippen molar-refractivity contribution in [2.75, 3.05) is 0 Å². The van der Waals surface area contributed by atoms with Crippen LogP contribution in [0.15, 0.2) is 91.1 Å². The zero-order chi connectivity index (χ0) is 20.1. The topological polar surface area (TPSA) is 17.8 Å². The van der Waals surface area contributed by atoms with Crippen LogP contribution in [-0.4, -0.2) is 9.55 Å². The SMILES string of the molecule is Cc1ccc(-c2cn(-c3ccccc3)c(-c3ccc4c(c3)sc3ccccc34)n2)s1. The molecule has 0 spiro atoms. The maximum Gasteiger partial charge on any atom is 0.145 e. The van der Waals surface area contributed by atoms with Crippen LogP contribution in [0.5, 0.6) is 0 Å². The molecule has 4 heteroatoms. The highest BCUT2D eigenvalue weighted by Gasteiger charge is 2.15. The minimum atomic E-state index is 0.974. The molecule has 0 N–H and O–H groups in total. The van der Waals surface area contributed by atoms with E-state index in [1.807, 2.05) is 17.4 Å². The lowest BCUT2D eigenvalue weighted by Gasteiger charge is -2.08. The number of imidazole rings is 1. The van der Waals surface area contributed by atoms with Crippen LogP contribution in [0.4, 0.5) is 0 Å². The maximum atomic E-state index is 5.08. The Morgan fingerprint density at radius 3 is 2.37 bits per heavy atom. The van der Waals surface area contributed by atoms with Gasteiger partial charge < -0.3 is 0 Å². The van der Waals surface area contributed by atoms with Crippen LogP contribution < -0.4 is 0 Å². The van der Waals surface area contributed by atoms with Gasteiger partial charge >= 0.3 is 0 Å². The average molecular weight is 423 g/mol. The predicted molar refractivity (Wildman–Crippen MR) is 130 cm³/mol. The zero-order valence-corrected chi connectivity index (χ0v) is 18.0. The van der Waals surface area contributed by atoms with Crippen LogP contribution in [0.2, 0.25) is 0 Å². The fourth-order valence-electron chi connectivity index (χ4n) is 3.93. The van der Waals surface area contributed by atoms with Gasteiger partial charge in [-0.25, -0.2) is 4.98 Å². The van der Waals surface area contributed by atoms with Crippen LogP contribution >= 0.6 is 22.7 Å². The summed E-state index contributed by atoms with van der Waals surface area (Å²) >= 11 is 3.63. The first-order chi connectivity index (χ1) is 14.8. The summed E-state index contributed by atoms with van der Waals surface area (Å²) < 4.78 is 4.83. The Balaban J connectivity index is 1.57. The Labute approximate surface area is 182 Å². The van der Waals surface area contributed by atoms with Gasteiger partial charge in [0.25, 0.3) is 0 Å². The third kappa shape index (κ3) is 2.88. The fourth-order valence-corrected chi connectivity index (χ4v) is 5.89. The van der Waals surface area contributed by atoms with E-state index in [2.05, 4.69) is 96.6 Å². The molecule has 0 aliphatic heterocycles. The van der Waals surface area contributed by atoms with E-state index >= 15 is 0 Å². The monoisotopic (exact) mass is 422 g/mol. The minimum Gasteiger partial charge on any atom is -0.299 e. The van der Waals surface area contributed by atoms with E-state index in [9.17, 15) is 0 Å². The molecule has 30 heavy (non-hydrogen) atoms. The summed E-state index contributed by atoms with van der Waals surface area (Å²) in [6, 6.07) is 30.1. The van der Waals surface area contributed by atoms with E-state index in [4.69, 9.17) is 4.98 Å². The van der Waals surface area contributed by atoms with Crippen LogP contribution in [0.1, 0.15) is 4.88 Å². The lowest BCUT2D eigenvalue weighted by atomic mass is 10.1. The quantitative estimate of drug-likeness (QED) is 0.283. The Hall–Kier alpha value is -3.21. The van der Waals surface area contributed by atoms with Crippen molar-refractivity contribution in [1.82, 2.24) is 9.55 Å². The first-order valence-corrected chi connectivity index (χ1v) is 11.5. The summed E-state index contributed by atoms with van der Waals surface area (Å²) in [5.41, 5.74) is 3.27. The van der Waals surface area contributed by atoms with Gasteiger partial charge in [-0.1, -0.05) is 48.5 Å². The summed E-state index contributed by atoms with van der Waals surface area (Å²) in [4.78, 5) is 7.58. The molecule has 0 radical (unpaired) electrons. The van der Waals surface area contributed by atoms with Gasteiger partial charge in [0.1, 0.15) is 5.82 Å². The van der Waals surface area contributed by atoms with Crippen molar-refractivity contribution in [1.29, 1.82) is 0 Å². The number of nitrogens with zero attached hydrogens (tertiary/aromatic N) is 2. The van der Waals surface area contributed by atoms with E-state index in [1.54, 1.807) is 11.3 Å². The van der Waals surface area contributed by atoms with Gasteiger partial charge in [0.2, 0.25) is 0 Å². The van der Waals surface area contributed by atoms with Crippen molar-refractivity contribution in [3.8, 4) is 27.6 Å². The predicted octanol–water partition coefficient (Wildman–Crippen LogP) is 7.94. The standard InChI is InChI=1S/C26H18N2S2/c1-17-11-14-24(29-17)22-16-28(19-7-3-2-4-8-19)26(27-22)18-12-13-21-20-9-5-6-10-23(20)30-25(21)15-18/h2-16H,1H3. The van der Waals surface area contributed by atoms with Gasteiger partial charge in [-0.3, -0.25) is 4.57 Å². The molecule has 0 amide bonds. The summed E-state index contributed by atoms with van der Waals surface area (Å²) in [5.74, 6) is 0.974. The molecule has 0 unspecified atom stereocenters. The highest BCUT2D eigenvalue weighted by molar-refractivity contribution is 7.25. The van der Waals surface area contributed by atoms with Crippen LogP contribution in [0.25, 0.3) is 47.8 Å². The molecule has 3 heterocycles. The Kier molecular flexibility index (Phi) is 4.08. The molecule has 0 saturated carbocycles. The van der Waals surface area contributed by atoms with Gasteiger partial charge in [-0.2, -0.15) is 0 Å². The van der Waals surface area contributed by atoms with Crippen molar-refractivity contribution < 1.29 is 0 Å². The molecular weight excluding hydrogens is 404 g/mol. The third-order valence-electron chi connectivity index (χ3n) is 5.37. The average Bonchev–Trinajstić information content (AvgIpc) is 3.50. The van der Waals surface area contributed by atoms with Crippen LogP contribution in [0, 0.1) is 6.92 Å². The number of thiophene rings is 2. The number of aryl methyl sites for hydroxylation is 1. The summed E-state index contributed by atoms with van der Waals surface area (Å²) in [5, 5.41) is 2.64. The second-order valence-corrected chi connectivity index (χ2v) is 9.75. The molecule has 0 saturated heterocycles. The second kappa shape index (κ2) is 6.94. The van der Waals surface area contributed by atoms with Gasteiger partial charge in [0.15, 0.2) is 0 Å². The second-order valence-electron chi connectivity index (χ2n) is 7.37. The lowest BCUT2D eigenvalue weighted by molar-refractivity contribution is 1.07. The maximum absolute atomic E-state index is 5.08. The largest absolute Gasteiger partial charge is 0.299 e. The number of rotatable bonds is 3. The van der Waals surface area contributed by atoms with Gasteiger partial charge in [-0.05, 0) is 43.3 Å². The number of hydrogen-bond acceptors (Lipinski definition) is 3. The van der Waals surface area contributed by atoms with E-state index in [-0.39, 0.29) is 0 Å². The minimum absolute atomic E-state index is 0.974. The number of fused-ring (bicyclic) bond motifs is 3. The molecule has 2 nitrogen and oxygen atoms in total. The van der Waals surface area contributed by atoms with E-state index in [1.165, 1.54) is 29.9 Å². The molecular formula is C26H18N2S2. The Morgan fingerprint density at radius 1 is 0.733 bits per heavy atom. The number of hydrogen-bond donors (Lipinski definition) is 0. The van der Waals surface area contributed by atoms with E-state index < -0.39 is 0 Å². The molecule has 0 aliphatic rings. The Morgan fingerprint density at radius 2 is 1.53 bits per heavy atom. The van der Waals surface area contributed by atoms with Crippen molar-refractivity contribution in [3.63, 3.8) is 0 Å². The van der Waals surface area contributed by atoms with Crippen LogP contribution in [-0.2, 0) is 0 Å². The first kappa shape index (κ1) is 17.6. The number of benzene rings is 3. The van der Waals surface area contributed by atoms with Crippen molar-refractivity contribution >= 4 is 42.8 Å². The zero-order valence-electron chi connectivity index (χ0n) is 16.4.